The van der Waals surface area contributed by atoms with Crippen LogP contribution in [0.4, 0.5) is 13.2 Å². The average molecular weight is 272 g/mol. The minimum atomic E-state index is -4.64. The van der Waals surface area contributed by atoms with E-state index in [-0.39, 0.29) is 0 Å². The van der Waals surface area contributed by atoms with Crippen molar-refractivity contribution in [2.24, 2.45) is 0 Å². The number of halogens is 3. The summed E-state index contributed by atoms with van der Waals surface area (Å²) in [5, 5.41) is 18.7. The fourth-order valence-electron chi connectivity index (χ4n) is 1.78. The van der Waals surface area contributed by atoms with E-state index in [2.05, 4.69) is 0 Å². The van der Waals surface area contributed by atoms with Gasteiger partial charge in [0.25, 0.3) is 0 Å². The van der Waals surface area contributed by atoms with Crippen molar-refractivity contribution in [3.05, 3.63) is 35.9 Å². The van der Waals surface area contributed by atoms with Crippen molar-refractivity contribution in [2.45, 2.75) is 31.3 Å². The van der Waals surface area contributed by atoms with Crippen LogP contribution in [-0.4, -0.2) is 35.3 Å². The van der Waals surface area contributed by atoms with Crippen LogP contribution >= 0.6 is 0 Å². The van der Waals surface area contributed by atoms with Crippen molar-refractivity contribution >= 4 is 0 Å². The van der Waals surface area contributed by atoms with Crippen LogP contribution in [0.15, 0.2) is 30.3 Å². The van der Waals surface area contributed by atoms with Gasteiger partial charge < -0.3 is 5.11 Å². The summed E-state index contributed by atoms with van der Waals surface area (Å²) in [5.74, 6) is 0. The lowest BCUT2D eigenvalue weighted by atomic mass is 10.0. The molecule has 104 valence electrons. The molecular weight excluding hydrogens is 257 g/mol. The average Bonchev–Trinajstić information content (AvgIpc) is 2.37. The van der Waals surface area contributed by atoms with Crippen LogP contribution in [0.2, 0.25) is 0 Å². The Labute approximate surface area is 109 Å². The molecule has 0 aliphatic heterocycles. The summed E-state index contributed by atoms with van der Waals surface area (Å²) in [6, 6.07) is 6.53. The Hall–Kier alpha value is -1.58. The third-order valence-electron chi connectivity index (χ3n) is 3.08. The highest BCUT2D eigenvalue weighted by molar-refractivity contribution is 5.19. The van der Waals surface area contributed by atoms with E-state index >= 15 is 0 Å². The van der Waals surface area contributed by atoms with Gasteiger partial charge in [0.2, 0.25) is 0 Å². The van der Waals surface area contributed by atoms with Gasteiger partial charge in [-0.25, -0.2) is 0 Å². The van der Waals surface area contributed by atoms with E-state index in [1.807, 2.05) is 0 Å². The lowest BCUT2D eigenvalue weighted by Crippen LogP contribution is -2.48. The van der Waals surface area contributed by atoms with E-state index in [0.717, 1.165) is 4.90 Å². The van der Waals surface area contributed by atoms with Crippen LogP contribution in [0, 0.1) is 11.3 Å². The number of likely N-dealkylation sites (N-methyl/N-ethyl adjacent to an activating group) is 1. The third kappa shape index (κ3) is 3.69. The summed E-state index contributed by atoms with van der Waals surface area (Å²) in [5.41, 5.74) is 0.515. The maximum absolute atomic E-state index is 12.7. The highest BCUT2D eigenvalue weighted by atomic mass is 19.4. The van der Waals surface area contributed by atoms with Crippen molar-refractivity contribution in [3.63, 3.8) is 0 Å². The van der Waals surface area contributed by atoms with Crippen molar-refractivity contribution in [1.82, 2.24) is 4.90 Å². The Morgan fingerprint density at radius 1 is 1.26 bits per heavy atom. The SMILES string of the molecule is C[C@@H]([C@H](O)c1ccccc1)N(C)C(C#N)C(F)(F)F. The van der Waals surface area contributed by atoms with Gasteiger partial charge in [-0.2, -0.15) is 18.4 Å². The van der Waals surface area contributed by atoms with Crippen LogP contribution in [0.5, 0.6) is 0 Å². The highest BCUT2D eigenvalue weighted by Gasteiger charge is 2.45. The van der Waals surface area contributed by atoms with Gasteiger partial charge >= 0.3 is 6.18 Å². The Kier molecular flexibility index (Phi) is 4.92. The molecule has 0 radical (unpaired) electrons. The summed E-state index contributed by atoms with van der Waals surface area (Å²) in [6.45, 7) is 1.45. The van der Waals surface area contributed by atoms with Crippen LogP contribution in [0.1, 0.15) is 18.6 Å². The lowest BCUT2D eigenvalue weighted by Gasteiger charge is -2.33. The summed E-state index contributed by atoms with van der Waals surface area (Å²) in [6.07, 6.45) is -5.74. The second-order valence-electron chi connectivity index (χ2n) is 4.33. The summed E-state index contributed by atoms with van der Waals surface area (Å²) >= 11 is 0. The zero-order valence-corrected chi connectivity index (χ0v) is 10.6. The minimum absolute atomic E-state index is 0.515. The van der Waals surface area contributed by atoms with Crippen LogP contribution in [-0.2, 0) is 0 Å². The maximum Gasteiger partial charge on any atom is 0.417 e. The summed E-state index contributed by atoms with van der Waals surface area (Å²) in [7, 11) is 1.18. The molecule has 0 heterocycles. The second-order valence-corrected chi connectivity index (χ2v) is 4.33. The molecule has 0 amide bonds. The van der Waals surface area contributed by atoms with Gasteiger partial charge in [-0.05, 0) is 19.5 Å². The van der Waals surface area contributed by atoms with Crippen molar-refractivity contribution in [2.75, 3.05) is 7.05 Å². The first-order valence-electron chi connectivity index (χ1n) is 5.70. The zero-order valence-electron chi connectivity index (χ0n) is 10.6. The first-order chi connectivity index (χ1) is 8.79. The van der Waals surface area contributed by atoms with E-state index in [9.17, 15) is 18.3 Å². The van der Waals surface area contributed by atoms with E-state index in [0.29, 0.717) is 5.56 Å². The largest absolute Gasteiger partial charge is 0.417 e. The highest BCUT2D eigenvalue weighted by Crippen LogP contribution is 2.28. The molecule has 1 N–H and O–H groups in total. The number of nitriles is 1. The van der Waals surface area contributed by atoms with Gasteiger partial charge in [0.1, 0.15) is 0 Å². The van der Waals surface area contributed by atoms with Crippen molar-refractivity contribution < 1.29 is 18.3 Å². The molecule has 0 saturated carbocycles. The Balaban J connectivity index is 2.88. The number of aliphatic hydroxyl groups is 1. The molecule has 19 heavy (non-hydrogen) atoms. The minimum Gasteiger partial charge on any atom is -0.387 e. The number of rotatable bonds is 4. The smallest absolute Gasteiger partial charge is 0.387 e. The maximum atomic E-state index is 12.7. The predicted molar refractivity (Wildman–Crippen MR) is 64.1 cm³/mol. The Bertz CT molecular complexity index is 441. The van der Waals surface area contributed by atoms with Crippen LogP contribution < -0.4 is 0 Å². The van der Waals surface area contributed by atoms with E-state index in [1.54, 1.807) is 30.3 Å². The van der Waals surface area contributed by atoms with Gasteiger partial charge in [-0.3, -0.25) is 4.90 Å². The molecule has 0 aromatic heterocycles. The van der Waals surface area contributed by atoms with Gasteiger partial charge in [-0.1, -0.05) is 30.3 Å². The summed E-state index contributed by atoms with van der Waals surface area (Å²) < 4.78 is 38.0. The topological polar surface area (TPSA) is 47.3 Å². The monoisotopic (exact) mass is 272 g/mol. The van der Waals surface area contributed by atoms with Crippen molar-refractivity contribution in [3.8, 4) is 6.07 Å². The van der Waals surface area contributed by atoms with Gasteiger partial charge in [0.15, 0.2) is 6.04 Å². The second kappa shape index (κ2) is 6.04. The first-order valence-corrected chi connectivity index (χ1v) is 5.70. The van der Waals surface area contributed by atoms with Crippen LogP contribution in [0.3, 0.4) is 0 Å². The Morgan fingerprint density at radius 3 is 2.21 bits per heavy atom. The number of hydrogen-bond acceptors (Lipinski definition) is 3. The molecular formula is C13H15F3N2O. The summed E-state index contributed by atoms with van der Waals surface area (Å²) in [4.78, 5) is 0.831. The normalized spacial score (nSPS) is 16.7. The third-order valence-corrected chi connectivity index (χ3v) is 3.08. The Morgan fingerprint density at radius 2 is 1.79 bits per heavy atom. The molecule has 0 bridgehead atoms. The number of benzene rings is 1. The first kappa shape index (κ1) is 15.5. The van der Waals surface area contributed by atoms with E-state index in [4.69, 9.17) is 5.26 Å². The molecule has 1 aromatic carbocycles. The van der Waals surface area contributed by atoms with Crippen LogP contribution in [0.25, 0.3) is 0 Å². The molecule has 3 nitrogen and oxygen atoms in total. The fourth-order valence-corrected chi connectivity index (χ4v) is 1.78. The molecule has 0 aliphatic carbocycles. The van der Waals surface area contributed by atoms with Gasteiger partial charge in [0.05, 0.1) is 12.2 Å². The molecule has 3 atom stereocenters. The number of hydrogen-bond donors (Lipinski definition) is 1. The van der Waals surface area contributed by atoms with E-state index in [1.165, 1.54) is 20.0 Å². The van der Waals surface area contributed by atoms with Gasteiger partial charge in [-0.15, -0.1) is 0 Å². The molecule has 1 rings (SSSR count). The van der Waals surface area contributed by atoms with E-state index < -0.39 is 24.4 Å². The molecule has 1 aromatic rings. The molecule has 0 fully saturated rings. The predicted octanol–water partition coefficient (Wildman–Crippen LogP) is 2.49. The number of alkyl halides is 3. The molecule has 0 aliphatic rings. The number of nitrogens with zero attached hydrogens (tertiary/aromatic N) is 2. The lowest BCUT2D eigenvalue weighted by molar-refractivity contribution is -0.173. The standard InChI is InChI=1S/C13H15F3N2O/c1-9(12(19)10-6-4-3-5-7-10)18(2)11(8-17)13(14,15)16/h3-7,9,11-12,19H,1-2H3/t9-,11?,12-/m0/s1. The molecule has 0 spiro atoms. The quantitative estimate of drug-likeness (QED) is 0.916. The van der Waals surface area contributed by atoms with Crippen molar-refractivity contribution in [1.29, 1.82) is 5.26 Å². The molecule has 0 saturated heterocycles. The molecule has 6 heteroatoms. The fraction of sp³-hybridized carbons (Fsp3) is 0.462. The van der Waals surface area contributed by atoms with Gasteiger partial charge in [0, 0.05) is 6.04 Å². The number of aliphatic hydroxyl groups excluding tert-OH is 1. The zero-order chi connectivity index (χ0) is 14.6. The molecule has 1 unspecified atom stereocenters.